The number of amides is 1. The first kappa shape index (κ1) is 17.3. The third-order valence-corrected chi connectivity index (χ3v) is 3.67. The van der Waals surface area contributed by atoms with Crippen LogP contribution in [0.15, 0.2) is 48.5 Å². The summed E-state index contributed by atoms with van der Waals surface area (Å²) in [4.78, 5) is 24.1. The van der Waals surface area contributed by atoms with Crippen LogP contribution in [0, 0.1) is 6.92 Å². The molecule has 0 fully saturated rings. The van der Waals surface area contributed by atoms with Crippen molar-refractivity contribution in [2.24, 2.45) is 5.73 Å². The quantitative estimate of drug-likeness (QED) is 0.673. The van der Waals surface area contributed by atoms with Gasteiger partial charge in [0.25, 0.3) is 0 Å². The van der Waals surface area contributed by atoms with Crippen LogP contribution in [0.25, 0.3) is 11.4 Å². The number of nitrogens with zero attached hydrogens (tertiary/aromatic N) is 4. The lowest BCUT2D eigenvalue weighted by Crippen LogP contribution is -2.16. The van der Waals surface area contributed by atoms with Crippen LogP contribution in [-0.4, -0.2) is 32.1 Å². The van der Waals surface area contributed by atoms with Crippen LogP contribution in [0.3, 0.4) is 0 Å². The molecule has 26 heavy (non-hydrogen) atoms. The number of hydrogen-bond donors (Lipinski definition) is 1. The molecule has 8 nitrogen and oxygen atoms in total. The van der Waals surface area contributed by atoms with E-state index in [2.05, 4.69) is 15.4 Å². The van der Waals surface area contributed by atoms with Crippen LogP contribution in [0.2, 0.25) is 0 Å². The van der Waals surface area contributed by atoms with Crippen molar-refractivity contribution in [1.82, 2.24) is 20.2 Å². The molecule has 0 aliphatic heterocycles. The molecule has 1 aromatic heterocycles. The lowest BCUT2D eigenvalue weighted by atomic mass is 10.1. The van der Waals surface area contributed by atoms with Crippen LogP contribution in [0.4, 0.5) is 0 Å². The average molecular weight is 351 g/mol. The molecule has 0 bridgehead atoms. The molecule has 3 rings (SSSR count). The third-order valence-electron chi connectivity index (χ3n) is 3.67. The average Bonchev–Trinajstić information content (AvgIpc) is 3.09. The zero-order valence-corrected chi connectivity index (χ0v) is 14.1. The summed E-state index contributed by atoms with van der Waals surface area (Å²) in [7, 11) is 0. The highest BCUT2D eigenvalue weighted by Gasteiger charge is 2.10. The molecular weight excluding hydrogens is 334 g/mol. The van der Waals surface area contributed by atoms with Gasteiger partial charge in [0.2, 0.25) is 11.7 Å². The van der Waals surface area contributed by atoms with Crippen molar-refractivity contribution in [3.8, 4) is 11.4 Å². The van der Waals surface area contributed by atoms with Crippen LogP contribution >= 0.6 is 0 Å². The number of ether oxygens (including phenoxy) is 1. The van der Waals surface area contributed by atoms with Crippen molar-refractivity contribution in [1.29, 1.82) is 0 Å². The van der Waals surface area contributed by atoms with E-state index in [9.17, 15) is 9.59 Å². The Bertz CT molecular complexity index is 917. The SMILES string of the molecule is Cc1ccc(-c2nnn(CC(=O)OCc3ccc(C(N)=O)cc3)n2)cc1. The van der Waals surface area contributed by atoms with E-state index in [0.717, 1.165) is 16.7 Å². The van der Waals surface area contributed by atoms with Gasteiger partial charge in [-0.25, -0.2) is 4.79 Å². The summed E-state index contributed by atoms with van der Waals surface area (Å²) in [5.41, 5.74) is 8.28. The highest BCUT2D eigenvalue weighted by molar-refractivity contribution is 5.92. The minimum Gasteiger partial charge on any atom is -0.459 e. The fourth-order valence-electron chi connectivity index (χ4n) is 2.22. The summed E-state index contributed by atoms with van der Waals surface area (Å²) in [6, 6.07) is 14.2. The number of esters is 1. The molecular formula is C18H17N5O3. The Balaban J connectivity index is 1.55. The number of tetrazole rings is 1. The van der Waals surface area contributed by atoms with Gasteiger partial charge in [-0.05, 0) is 29.8 Å². The molecule has 0 radical (unpaired) electrons. The number of rotatable bonds is 6. The van der Waals surface area contributed by atoms with E-state index in [-0.39, 0.29) is 13.2 Å². The lowest BCUT2D eigenvalue weighted by molar-refractivity contribution is -0.146. The third kappa shape index (κ3) is 4.29. The minimum absolute atomic E-state index is 0.0807. The number of nitrogens with two attached hydrogens (primary N) is 1. The molecule has 3 aromatic rings. The molecule has 0 unspecified atom stereocenters. The maximum absolute atomic E-state index is 11.9. The van der Waals surface area contributed by atoms with E-state index >= 15 is 0 Å². The molecule has 0 saturated carbocycles. The summed E-state index contributed by atoms with van der Waals surface area (Å²) in [6.45, 7) is 1.93. The van der Waals surface area contributed by atoms with Gasteiger partial charge in [0.1, 0.15) is 6.61 Å². The first-order valence-corrected chi connectivity index (χ1v) is 7.90. The van der Waals surface area contributed by atoms with E-state index in [4.69, 9.17) is 10.5 Å². The van der Waals surface area contributed by atoms with E-state index in [1.54, 1.807) is 24.3 Å². The largest absolute Gasteiger partial charge is 0.459 e. The Morgan fingerprint density at radius 1 is 1.08 bits per heavy atom. The second kappa shape index (κ2) is 7.56. The Morgan fingerprint density at radius 3 is 2.42 bits per heavy atom. The van der Waals surface area contributed by atoms with Crippen LogP contribution < -0.4 is 5.73 Å². The Kier molecular flexibility index (Phi) is 5.02. The molecule has 8 heteroatoms. The maximum Gasteiger partial charge on any atom is 0.330 e. The molecule has 0 aliphatic rings. The molecule has 2 N–H and O–H groups in total. The maximum atomic E-state index is 11.9. The number of primary amides is 1. The predicted molar refractivity (Wildman–Crippen MR) is 92.7 cm³/mol. The van der Waals surface area contributed by atoms with E-state index in [0.29, 0.717) is 11.4 Å². The van der Waals surface area contributed by atoms with E-state index in [1.807, 2.05) is 31.2 Å². The topological polar surface area (TPSA) is 113 Å². The molecule has 1 heterocycles. The molecule has 0 saturated heterocycles. The zero-order valence-electron chi connectivity index (χ0n) is 14.1. The Hall–Kier alpha value is -3.55. The standard InChI is InChI=1S/C18H17N5O3/c1-12-2-6-15(7-3-12)18-20-22-23(21-18)10-16(24)26-11-13-4-8-14(9-5-13)17(19)25/h2-9H,10-11H2,1H3,(H2,19,25). The number of carbonyl (C=O) groups is 2. The monoisotopic (exact) mass is 351 g/mol. The van der Waals surface area contributed by atoms with Crippen molar-refractivity contribution < 1.29 is 14.3 Å². The van der Waals surface area contributed by atoms with Gasteiger partial charge in [0.05, 0.1) is 0 Å². The van der Waals surface area contributed by atoms with Crippen molar-refractivity contribution in [3.63, 3.8) is 0 Å². The van der Waals surface area contributed by atoms with Gasteiger partial charge in [-0.3, -0.25) is 4.79 Å². The van der Waals surface area contributed by atoms with Crippen molar-refractivity contribution in [3.05, 3.63) is 65.2 Å². The number of carbonyl (C=O) groups excluding carboxylic acids is 2. The van der Waals surface area contributed by atoms with Gasteiger partial charge in [-0.15, -0.1) is 10.2 Å². The first-order valence-electron chi connectivity index (χ1n) is 7.90. The Morgan fingerprint density at radius 2 is 1.77 bits per heavy atom. The fraction of sp³-hybridized carbons (Fsp3) is 0.167. The minimum atomic E-state index is -0.504. The normalized spacial score (nSPS) is 10.5. The molecule has 1 amide bonds. The second-order valence-corrected chi connectivity index (χ2v) is 5.73. The molecule has 0 spiro atoms. The lowest BCUT2D eigenvalue weighted by Gasteiger charge is -2.05. The zero-order chi connectivity index (χ0) is 18.5. The van der Waals surface area contributed by atoms with E-state index in [1.165, 1.54) is 4.80 Å². The van der Waals surface area contributed by atoms with Gasteiger partial charge in [0.15, 0.2) is 6.54 Å². The number of aromatic nitrogens is 4. The molecule has 0 atom stereocenters. The molecule has 0 aliphatic carbocycles. The van der Waals surface area contributed by atoms with Crippen LogP contribution in [0.5, 0.6) is 0 Å². The van der Waals surface area contributed by atoms with Crippen molar-refractivity contribution in [2.75, 3.05) is 0 Å². The number of hydrogen-bond acceptors (Lipinski definition) is 6. The number of aryl methyl sites for hydroxylation is 1. The highest BCUT2D eigenvalue weighted by atomic mass is 16.5. The molecule has 132 valence electrons. The summed E-state index contributed by atoms with van der Waals surface area (Å²) < 4.78 is 5.18. The van der Waals surface area contributed by atoms with Gasteiger partial charge in [-0.2, -0.15) is 4.80 Å². The smallest absolute Gasteiger partial charge is 0.330 e. The van der Waals surface area contributed by atoms with Gasteiger partial charge < -0.3 is 10.5 Å². The van der Waals surface area contributed by atoms with Gasteiger partial charge >= 0.3 is 5.97 Å². The summed E-state index contributed by atoms with van der Waals surface area (Å²) >= 11 is 0. The fourth-order valence-corrected chi connectivity index (χ4v) is 2.22. The molecule has 2 aromatic carbocycles. The van der Waals surface area contributed by atoms with Gasteiger partial charge in [-0.1, -0.05) is 42.0 Å². The van der Waals surface area contributed by atoms with E-state index < -0.39 is 11.9 Å². The Labute approximate surface area is 149 Å². The van der Waals surface area contributed by atoms with Crippen molar-refractivity contribution in [2.45, 2.75) is 20.1 Å². The van der Waals surface area contributed by atoms with Crippen LogP contribution in [-0.2, 0) is 22.7 Å². The van der Waals surface area contributed by atoms with Gasteiger partial charge in [0, 0.05) is 11.1 Å². The van der Waals surface area contributed by atoms with Crippen LogP contribution in [0.1, 0.15) is 21.5 Å². The first-order chi connectivity index (χ1) is 12.5. The summed E-state index contributed by atoms with van der Waals surface area (Å²) in [5, 5.41) is 12.0. The van der Waals surface area contributed by atoms with Crippen molar-refractivity contribution >= 4 is 11.9 Å². The number of benzene rings is 2. The summed E-state index contributed by atoms with van der Waals surface area (Å²) in [6.07, 6.45) is 0. The predicted octanol–water partition coefficient (Wildman–Crippen LogP) is 1.49. The summed E-state index contributed by atoms with van der Waals surface area (Å²) in [5.74, 6) is -0.549. The highest BCUT2D eigenvalue weighted by Crippen LogP contribution is 2.14. The second-order valence-electron chi connectivity index (χ2n) is 5.73.